The molecule has 100 valence electrons. The van der Waals surface area contributed by atoms with Gasteiger partial charge in [-0.3, -0.25) is 14.6 Å². The molecule has 0 fully saturated rings. The van der Waals surface area contributed by atoms with E-state index in [2.05, 4.69) is 9.97 Å². The summed E-state index contributed by atoms with van der Waals surface area (Å²) in [6.07, 6.45) is 1.52. The van der Waals surface area contributed by atoms with Gasteiger partial charge in [-0.1, -0.05) is 36.4 Å². The minimum absolute atomic E-state index is 0.194. The predicted octanol–water partition coefficient (Wildman–Crippen LogP) is 2.79. The van der Waals surface area contributed by atoms with E-state index in [-0.39, 0.29) is 11.6 Å². The third-order valence-corrected chi connectivity index (χ3v) is 3.75. The molecule has 0 saturated heterocycles. The molecule has 0 amide bonds. The quantitative estimate of drug-likeness (QED) is 0.640. The second-order valence-electron chi connectivity index (χ2n) is 4.99. The van der Waals surface area contributed by atoms with Crippen LogP contribution < -0.4 is 0 Å². The highest BCUT2D eigenvalue weighted by Crippen LogP contribution is 2.33. The number of benzene rings is 2. The van der Waals surface area contributed by atoms with Crippen molar-refractivity contribution in [3.8, 4) is 0 Å². The average Bonchev–Trinajstić information content (AvgIpc) is 2.79. The number of rotatable bonds is 1. The Kier molecular flexibility index (Phi) is 2.44. The largest absolute Gasteiger partial charge is 0.293 e. The molecule has 0 unspecified atom stereocenters. The molecule has 2 aromatic carbocycles. The molecular weight excluding hydrogens is 264 g/mol. The highest BCUT2D eigenvalue weighted by atomic mass is 16.2. The van der Waals surface area contributed by atoms with Gasteiger partial charge < -0.3 is 0 Å². The number of para-hydroxylation sites is 2. The van der Waals surface area contributed by atoms with Gasteiger partial charge in [-0.05, 0) is 12.1 Å². The van der Waals surface area contributed by atoms with Crippen molar-refractivity contribution in [1.29, 1.82) is 0 Å². The van der Waals surface area contributed by atoms with Gasteiger partial charge in [0, 0.05) is 11.1 Å². The SMILES string of the molecule is O=C1c2ccccc2C(=O)C1c1cnc2ccccc2n1. The molecule has 1 heterocycles. The van der Waals surface area contributed by atoms with Gasteiger partial charge in [0.2, 0.25) is 0 Å². The Bertz CT molecular complexity index is 867. The van der Waals surface area contributed by atoms with Crippen LogP contribution in [0.3, 0.4) is 0 Å². The fraction of sp³-hybridized carbons (Fsp3) is 0.0588. The van der Waals surface area contributed by atoms with Crippen molar-refractivity contribution in [3.05, 3.63) is 71.5 Å². The third kappa shape index (κ3) is 1.69. The number of hydrogen-bond donors (Lipinski definition) is 0. The van der Waals surface area contributed by atoms with E-state index in [0.717, 1.165) is 5.52 Å². The summed E-state index contributed by atoms with van der Waals surface area (Å²) in [7, 11) is 0. The molecule has 4 rings (SSSR count). The second kappa shape index (κ2) is 4.31. The molecule has 0 radical (unpaired) electrons. The number of nitrogens with zero attached hydrogens (tertiary/aromatic N) is 2. The van der Waals surface area contributed by atoms with Gasteiger partial charge in [-0.25, -0.2) is 4.98 Å². The summed E-state index contributed by atoms with van der Waals surface area (Å²) < 4.78 is 0. The predicted molar refractivity (Wildman–Crippen MR) is 77.4 cm³/mol. The standard InChI is InChI=1S/C17H10N2O2/c20-16-10-5-1-2-6-11(10)17(21)15(16)14-9-18-12-7-3-4-8-13(12)19-14/h1-9,15H. The van der Waals surface area contributed by atoms with Crippen molar-refractivity contribution in [2.45, 2.75) is 5.92 Å². The topological polar surface area (TPSA) is 59.9 Å². The molecule has 4 nitrogen and oxygen atoms in total. The monoisotopic (exact) mass is 274 g/mol. The lowest BCUT2D eigenvalue weighted by Crippen LogP contribution is -2.14. The van der Waals surface area contributed by atoms with Crippen LogP contribution in [0.5, 0.6) is 0 Å². The average molecular weight is 274 g/mol. The minimum atomic E-state index is -0.862. The number of aromatic nitrogens is 2. The molecule has 3 aromatic rings. The number of ketones is 2. The zero-order chi connectivity index (χ0) is 14.4. The van der Waals surface area contributed by atoms with Gasteiger partial charge in [0.25, 0.3) is 0 Å². The van der Waals surface area contributed by atoms with Gasteiger partial charge in [0.1, 0.15) is 5.92 Å². The van der Waals surface area contributed by atoms with Gasteiger partial charge >= 0.3 is 0 Å². The van der Waals surface area contributed by atoms with E-state index in [1.54, 1.807) is 24.3 Å². The van der Waals surface area contributed by atoms with Crippen LogP contribution in [0.2, 0.25) is 0 Å². The van der Waals surface area contributed by atoms with Gasteiger partial charge in [-0.2, -0.15) is 0 Å². The Morgan fingerprint density at radius 1 is 0.762 bits per heavy atom. The van der Waals surface area contributed by atoms with E-state index in [9.17, 15) is 9.59 Å². The van der Waals surface area contributed by atoms with Crippen molar-refractivity contribution >= 4 is 22.6 Å². The lowest BCUT2D eigenvalue weighted by Gasteiger charge is -2.06. The summed E-state index contributed by atoms with van der Waals surface area (Å²) in [6, 6.07) is 14.3. The maximum Gasteiger partial charge on any atom is 0.180 e. The van der Waals surface area contributed by atoms with Crippen LogP contribution in [0.1, 0.15) is 32.3 Å². The normalized spacial score (nSPS) is 14.7. The van der Waals surface area contributed by atoms with E-state index in [4.69, 9.17) is 0 Å². The summed E-state index contributed by atoms with van der Waals surface area (Å²) in [6.45, 7) is 0. The lowest BCUT2D eigenvalue weighted by atomic mass is 10.00. The van der Waals surface area contributed by atoms with Crippen LogP contribution in [0.4, 0.5) is 0 Å². The van der Waals surface area contributed by atoms with Crippen molar-refractivity contribution in [2.75, 3.05) is 0 Å². The molecule has 4 heteroatoms. The van der Waals surface area contributed by atoms with Gasteiger partial charge in [0.15, 0.2) is 11.6 Å². The van der Waals surface area contributed by atoms with E-state index in [1.807, 2.05) is 24.3 Å². The number of fused-ring (bicyclic) bond motifs is 2. The Morgan fingerprint density at radius 2 is 1.33 bits per heavy atom. The highest BCUT2D eigenvalue weighted by Gasteiger charge is 2.40. The minimum Gasteiger partial charge on any atom is -0.293 e. The number of carbonyl (C=O) groups is 2. The first kappa shape index (κ1) is 11.9. The number of carbonyl (C=O) groups excluding carboxylic acids is 2. The van der Waals surface area contributed by atoms with Crippen LogP contribution in [-0.4, -0.2) is 21.5 Å². The Hall–Kier alpha value is -2.88. The second-order valence-corrected chi connectivity index (χ2v) is 4.99. The molecule has 1 aliphatic carbocycles. The van der Waals surface area contributed by atoms with Gasteiger partial charge in [-0.15, -0.1) is 0 Å². The van der Waals surface area contributed by atoms with Crippen molar-refractivity contribution in [1.82, 2.24) is 9.97 Å². The van der Waals surface area contributed by atoms with Crippen molar-refractivity contribution in [2.24, 2.45) is 0 Å². The third-order valence-electron chi connectivity index (χ3n) is 3.75. The van der Waals surface area contributed by atoms with E-state index in [1.165, 1.54) is 6.20 Å². The summed E-state index contributed by atoms with van der Waals surface area (Å²) in [5.41, 5.74) is 2.80. The first-order valence-corrected chi connectivity index (χ1v) is 6.65. The van der Waals surface area contributed by atoms with Crippen molar-refractivity contribution < 1.29 is 9.59 Å². The molecular formula is C17H10N2O2. The Morgan fingerprint density at radius 3 is 2.00 bits per heavy atom. The summed E-state index contributed by atoms with van der Waals surface area (Å²) >= 11 is 0. The summed E-state index contributed by atoms with van der Waals surface area (Å²) in [5, 5.41) is 0. The zero-order valence-corrected chi connectivity index (χ0v) is 11.0. The first-order valence-electron chi connectivity index (χ1n) is 6.65. The van der Waals surface area contributed by atoms with Crippen LogP contribution in [0, 0.1) is 0 Å². The van der Waals surface area contributed by atoms with E-state index < -0.39 is 5.92 Å². The molecule has 21 heavy (non-hydrogen) atoms. The molecule has 0 aliphatic heterocycles. The molecule has 0 N–H and O–H groups in total. The van der Waals surface area contributed by atoms with Crippen LogP contribution >= 0.6 is 0 Å². The summed E-state index contributed by atoms with van der Waals surface area (Å²) in [5.74, 6) is -1.25. The van der Waals surface area contributed by atoms with Gasteiger partial charge in [0.05, 0.1) is 22.9 Å². The number of hydrogen-bond acceptors (Lipinski definition) is 4. The summed E-state index contributed by atoms with van der Waals surface area (Å²) in [4.78, 5) is 33.6. The fourth-order valence-electron chi connectivity index (χ4n) is 2.72. The maximum absolute atomic E-state index is 12.5. The van der Waals surface area contributed by atoms with Crippen LogP contribution in [0.25, 0.3) is 11.0 Å². The smallest absolute Gasteiger partial charge is 0.180 e. The lowest BCUT2D eigenvalue weighted by molar-refractivity contribution is 0.0888. The van der Waals surface area contributed by atoms with E-state index in [0.29, 0.717) is 22.3 Å². The molecule has 0 saturated carbocycles. The molecule has 0 atom stereocenters. The molecule has 1 aliphatic rings. The zero-order valence-electron chi connectivity index (χ0n) is 11.0. The maximum atomic E-state index is 12.5. The van der Waals surface area contributed by atoms with E-state index >= 15 is 0 Å². The van der Waals surface area contributed by atoms with Crippen molar-refractivity contribution in [3.63, 3.8) is 0 Å². The molecule has 0 bridgehead atoms. The van der Waals surface area contributed by atoms with Crippen LogP contribution in [0.15, 0.2) is 54.7 Å². The Labute approximate surface area is 120 Å². The first-order chi connectivity index (χ1) is 10.3. The molecule has 1 aromatic heterocycles. The Balaban J connectivity index is 1.86. The fourth-order valence-corrected chi connectivity index (χ4v) is 2.72. The number of Topliss-reactive ketones (excluding diaryl/α,β-unsaturated/α-hetero) is 2. The molecule has 0 spiro atoms. The van der Waals surface area contributed by atoms with Crippen LogP contribution in [-0.2, 0) is 0 Å². The highest BCUT2D eigenvalue weighted by molar-refractivity contribution is 6.29.